The van der Waals surface area contributed by atoms with Crippen LogP contribution in [0.4, 0.5) is 0 Å². The van der Waals surface area contributed by atoms with Crippen LogP contribution in [0.1, 0.15) is 44.9 Å². The normalized spacial score (nSPS) is 13.5. The molecule has 0 spiro atoms. The smallest absolute Gasteiger partial charge is 0.0426 e. The average molecular weight is 262 g/mol. The van der Waals surface area contributed by atoms with Crippen molar-refractivity contribution < 1.29 is 0 Å². The van der Waals surface area contributed by atoms with Crippen molar-refractivity contribution in [3.05, 3.63) is 35.4 Å². The summed E-state index contributed by atoms with van der Waals surface area (Å²) < 4.78 is 0. The molecular formula is C17H30N2. The first-order chi connectivity index (χ1) is 8.90. The fourth-order valence-electron chi connectivity index (χ4n) is 2.64. The topological polar surface area (TPSA) is 29.3 Å². The SMILES string of the molecule is Cc1ccccc1C(N)CN(CC(C)C)CC(C)C. The third-order valence-corrected chi connectivity index (χ3v) is 3.29. The Labute approximate surface area is 119 Å². The van der Waals surface area contributed by atoms with Gasteiger partial charge in [0.2, 0.25) is 0 Å². The number of rotatable bonds is 7. The van der Waals surface area contributed by atoms with E-state index in [0.717, 1.165) is 19.6 Å². The van der Waals surface area contributed by atoms with E-state index in [2.05, 4.69) is 63.8 Å². The van der Waals surface area contributed by atoms with Gasteiger partial charge in [0.05, 0.1) is 0 Å². The molecule has 19 heavy (non-hydrogen) atoms. The van der Waals surface area contributed by atoms with Crippen molar-refractivity contribution in [2.45, 2.75) is 40.7 Å². The van der Waals surface area contributed by atoms with Gasteiger partial charge in [-0.15, -0.1) is 0 Å². The minimum atomic E-state index is 0.110. The molecule has 0 saturated heterocycles. The van der Waals surface area contributed by atoms with E-state index < -0.39 is 0 Å². The molecular weight excluding hydrogens is 232 g/mol. The Balaban J connectivity index is 2.70. The van der Waals surface area contributed by atoms with Gasteiger partial charge in [0.15, 0.2) is 0 Å². The maximum atomic E-state index is 6.41. The number of aryl methyl sites for hydroxylation is 1. The molecule has 0 aliphatic carbocycles. The maximum Gasteiger partial charge on any atom is 0.0426 e. The van der Waals surface area contributed by atoms with Gasteiger partial charge < -0.3 is 10.6 Å². The first-order valence-corrected chi connectivity index (χ1v) is 7.43. The van der Waals surface area contributed by atoms with Crippen LogP contribution in [0.2, 0.25) is 0 Å². The van der Waals surface area contributed by atoms with Gasteiger partial charge in [-0.1, -0.05) is 52.0 Å². The van der Waals surface area contributed by atoms with E-state index in [1.54, 1.807) is 0 Å². The quantitative estimate of drug-likeness (QED) is 0.813. The number of benzene rings is 1. The second-order valence-electron chi connectivity index (χ2n) is 6.47. The summed E-state index contributed by atoms with van der Waals surface area (Å²) in [7, 11) is 0. The van der Waals surface area contributed by atoms with Crippen molar-refractivity contribution in [1.29, 1.82) is 0 Å². The molecule has 0 amide bonds. The van der Waals surface area contributed by atoms with Crippen LogP contribution < -0.4 is 5.73 Å². The Kier molecular flexibility index (Phi) is 6.53. The molecule has 0 bridgehead atoms. The third kappa shape index (κ3) is 5.75. The lowest BCUT2D eigenvalue weighted by molar-refractivity contribution is 0.207. The molecule has 0 aromatic heterocycles. The second kappa shape index (κ2) is 7.66. The van der Waals surface area contributed by atoms with Crippen LogP contribution in [0.25, 0.3) is 0 Å². The molecule has 0 radical (unpaired) electrons. The first-order valence-electron chi connectivity index (χ1n) is 7.43. The highest BCUT2D eigenvalue weighted by atomic mass is 15.1. The van der Waals surface area contributed by atoms with Crippen molar-refractivity contribution in [2.24, 2.45) is 17.6 Å². The van der Waals surface area contributed by atoms with E-state index in [1.165, 1.54) is 11.1 Å². The number of hydrogen-bond acceptors (Lipinski definition) is 2. The van der Waals surface area contributed by atoms with Crippen LogP contribution in [-0.2, 0) is 0 Å². The van der Waals surface area contributed by atoms with Crippen molar-refractivity contribution in [3.63, 3.8) is 0 Å². The van der Waals surface area contributed by atoms with Gasteiger partial charge in [-0.2, -0.15) is 0 Å². The monoisotopic (exact) mass is 262 g/mol. The Morgan fingerprint density at radius 2 is 1.47 bits per heavy atom. The molecule has 0 saturated carbocycles. The summed E-state index contributed by atoms with van der Waals surface area (Å²) >= 11 is 0. The van der Waals surface area contributed by atoms with Crippen LogP contribution in [0.3, 0.4) is 0 Å². The minimum absolute atomic E-state index is 0.110. The highest BCUT2D eigenvalue weighted by Gasteiger charge is 2.15. The summed E-state index contributed by atoms with van der Waals surface area (Å²) in [5.74, 6) is 1.37. The molecule has 2 N–H and O–H groups in total. The van der Waals surface area contributed by atoms with Gasteiger partial charge in [0.1, 0.15) is 0 Å². The Hall–Kier alpha value is -0.860. The average Bonchev–Trinajstić information content (AvgIpc) is 2.27. The summed E-state index contributed by atoms with van der Waals surface area (Å²) in [5.41, 5.74) is 8.98. The molecule has 1 aromatic carbocycles. The Bertz CT molecular complexity index is 361. The molecule has 1 rings (SSSR count). The largest absolute Gasteiger partial charge is 0.323 e. The summed E-state index contributed by atoms with van der Waals surface area (Å²) in [6.45, 7) is 14.4. The zero-order valence-electron chi connectivity index (χ0n) is 13.2. The lowest BCUT2D eigenvalue weighted by Gasteiger charge is -2.29. The Morgan fingerprint density at radius 3 is 1.95 bits per heavy atom. The molecule has 0 heterocycles. The standard InChI is InChI=1S/C17H30N2/c1-13(2)10-19(11-14(3)4)12-17(18)16-9-7-6-8-15(16)5/h6-9,13-14,17H,10-12,18H2,1-5H3. The van der Waals surface area contributed by atoms with E-state index in [1.807, 2.05) is 0 Å². The predicted molar refractivity (Wildman–Crippen MR) is 84.2 cm³/mol. The van der Waals surface area contributed by atoms with E-state index in [9.17, 15) is 0 Å². The molecule has 0 aliphatic heterocycles. The zero-order chi connectivity index (χ0) is 14.4. The van der Waals surface area contributed by atoms with Gasteiger partial charge in [-0.3, -0.25) is 0 Å². The highest BCUT2D eigenvalue weighted by molar-refractivity contribution is 5.28. The first kappa shape index (κ1) is 16.2. The van der Waals surface area contributed by atoms with E-state index in [0.29, 0.717) is 11.8 Å². The lowest BCUT2D eigenvalue weighted by Crippen LogP contribution is -2.37. The van der Waals surface area contributed by atoms with Crippen molar-refractivity contribution in [3.8, 4) is 0 Å². The van der Waals surface area contributed by atoms with Gasteiger partial charge in [0, 0.05) is 25.7 Å². The minimum Gasteiger partial charge on any atom is -0.323 e. The molecule has 0 fully saturated rings. The zero-order valence-corrected chi connectivity index (χ0v) is 13.2. The van der Waals surface area contributed by atoms with Crippen LogP contribution in [0, 0.1) is 18.8 Å². The summed E-state index contributed by atoms with van der Waals surface area (Å²) in [6.07, 6.45) is 0. The third-order valence-electron chi connectivity index (χ3n) is 3.29. The van der Waals surface area contributed by atoms with Crippen molar-refractivity contribution in [2.75, 3.05) is 19.6 Å². The van der Waals surface area contributed by atoms with Crippen molar-refractivity contribution >= 4 is 0 Å². The molecule has 108 valence electrons. The molecule has 1 aromatic rings. The lowest BCUT2D eigenvalue weighted by atomic mass is 10.0. The van der Waals surface area contributed by atoms with Crippen LogP contribution in [0.15, 0.2) is 24.3 Å². The summed E-state index contributed by atoms with van der Waals surface area (Å²) in [5, 5.41) is 0. The van der Waals surface area contributed by atoms with Gasteiger partial charge in [-0.05, 0) is 29.9 Å². The van der Waals surface area contributed by atoms with Crippen LogP contribution in [0.5, 0.6) is 0 Å². The van der Waals surface area contributed by atoms with Crippen LogP contribution in [-0.4, -0.2) is 24.5 Å². The molecule has 2 nitrogen and oxygen atoms in total. The fraction of sp³-hybridized carbons (Fsp3) is 0.647. The fourth-order valence-corrected chi connectivity index (χ4v) is 2.64. The van der Waals surface area contributed by atoms with Gasteiger partial charge in [-0.25, -0.2) is 0 Å². The van der Waals surface area contributed by atoms with Crippen LogP contribution >= 0.6 is 0 Å². The summed E-state index contributed by atoms with van der Waals surface area (Å²) in [6, 6.07) is 8.56. The number of hydrogen-bond donors (Lipinski definition) is 1. The number of nitrogens with two attached hydrogens (primary N) is 1. The number of nitrogens with zero attached hydrogens (tertiary/aromatic N) is 1. The van der Waals surface area contributed by atoms with E-state index in [-0.39, 0.29) is 6.04 Å². The predicted octanol–water partition coefficient (Wildman–Crippen LogP) is 3.61. The molecule has 1 unspecified atom stereocenters. The molecule has 1 atom stereocenters. The summed E-state index contributed by atoms with van der Waals surface area (Å²) in [4.78, 5) is 2.51. The van der Waals surface area contributed by atoms with Crippen molar-refractivity contribution in [1.82, 2.24) is 4.90 Å². The van der Waals surface area contributed by atoms with Gasteiger partial charge >= 0.3 is 0 Å². The second-order valence-corrected chi connectivity index (χ2v) is 6.47. The maximum absolute atomic E-state index is 6.41. The van der Waals surface area contributed by atoms with E-state index >= 15 is 0 Å². The molecule has 2 heteroatoms. The van der Waals surface area contributed by atoms with Gasteiger partial charge in [0.25, 0.3) is 0 Å². The molecule has 0 aliphatic rings. The highest BCUT2D eigenvalue weighted by Crippen LogP contribution is 2.17. The Morgan fingerprint density at radius 1 is 0.947 bits per heavy atom. The van der Waals surface area contributed by atoms with E-state index in [4.69, 9.17) is 5.73 Å².